The number of imidazole rings is 1. The Kier molecular flexibility index (Phi) is 7.55. The maximum absolute atomic E-state index is 12.1. The van der Waals surface area contributed by atoms with Gasteiger partial charge in [0.1, 0.15) is 18.4 Å². The van der Waals surface area contributed by atoms with Crippen LogP contribution in [0.25, 0.3) is 0 Å². The van der Waals surface area contributed by atoms with E-state index in [1.807, 2.05) is 7.05 Å². The number of aliphatic carboxylic acids is 1. The Balaban J connectivity index is 0.000000531. The fourth-order valence-corrected chi connectivity index (χ4v) is 1.48. The van der Waals surface area contributed by atoms with E-state index in [9.17, 15) is 49.4 Å². The van der Waals surface area contributed by atoms with Gasteiger partial charge in [0.2, 0.25) is 6.33 Å². The lowest BCUT2D eigenvalue weighted by Crippen LogP contribution is -2.65. The van der Waals surface area contributed by atoms with Gasteiger partial charge in [-0.2, -0.15) is 39.5 Å². The first-order chi connectivity index (χ1) is 11.5. The van der Waals surface area contributed by atoms with Crippen molar-refractivity contribution >= 4 is 5.97 Å². The van der Waals surface area contributed by atoms with Crippen LogP contribution in [0.3, 0.4) is 0 Å². The third-order valence-corrected chi connectivity index (χ3v) is 2.99. The van der Waals surface area contributed by atoms with Crippen molar-refractivity contribution in [2.24, 2.45) is 7.05 Å². The topological polar surface area (TPSA) is 48.9 Å². The summed E-state index contributed by atoms with van der Waals surface area (Å²) in [6, 6.07) is 0. The van der Waals surface area contributed by atoms with Gasteiger partial charge in [0, 0.05) is 0 Å². The van der Waals surface area contributed by atoms with E-state index in [1.165, 1.54) is 12.8 Å². The molecule has 1 rings (SSSR count). The van der Waals surface area contributed by atoms with Crippen molar-refractivity contribution in [3.05, 3.63) is 18.7 Å². The van der Waals surface area contributed by atoms with E-state index in [0.29, 0.717) is 0 Å². The van der Waals surface area contributed by atoms with Gasteiger partial charge in [-0.3, -0.25) is 0 Å². The summed E-state index contributed by atoms with van der Waals surface area (Å²) in [6.45, 7) is 3.36. The lowest BCUT2D eigenvalue weighted by Gasteiger charge is -2.33. The number of carbonyl (C=O) groups excluding carboxylic acids is 1. The monoisotopic (exact) mass is 402 g/mol. The Morgan fingerprint density at radius 1 is 1.04 bits per heavy atom. The molecular formula is C13H15F9N2O2. The summed E-state index contributed by atoms with van der Waals surface area (Å²) in [7, 11) is 2.04. The van der Waals surface area contributed by atoms with Crippen LogP contribution in [-0.4, -0.2) is 34.5 Å². The third-order valence-electron chi connectivity index (χ3n) is 2.99. The molecule has 152 valence electrons. The van der Waals surface area contributed by atoms with E-state index in [1.54, 1.807) is 0 Å². The molecule has 4 nitrogen and oxygen atoms in total. The van der Waals surface area contributed by atoms with E-state index in [-0.39, 0.29) is 0 Å². The van der Waals surface area contributed by atoms with Crippen LogP contribution in [0.2, 0.25) is 0 Å². The second kappa shape index (κ2) is 8.16. The summed E-state index contributed by atoms with van der Waals surface area (Å²) in [6.07, 6.45) is 1.78. The molecule has 0 aliphatic rings. The van der Waals surface area contributed by atoms with Crippen LogP contribution in [-0.2, 0) is 18.4 Å². The number of carbonyl (C=O) groups is 1. The molecule has 0 atom stereocenters. The van der Waals surface area contributed by atoms with Gasteiger partial charge in [0.15, 0.2) is 0 Å². The van der Waals surface area contributed by atoms with Crippen molar-refractivity contribution in [2.45, 2.75) is 50.3 Å². The number of carboxylic acids is 1. The number of rotatable bonds is 6. The van der Waals surface area contributed by atoms with Crippen LogP contribution in [0.5, 0.6) is 0 Å². The van der Waals surface area contributed by atoms with Crippen LogP contribution in [0.4, 0.5) is 39.5 Å². The fraction of sp³-hybridized carbons (Fsp3) is 0.692. The van der Waals surface area contributed by atoms with Crippen molar-refractivity contribution in [2.75, 3.05) is 0 Å². The molecule has 0 aliphatic heterocycles. The molecule has 26 heavy (non-hydrogen) atoms. The number of alkyl halides is 9. The Morgan fingerprint density at radius 3 is 1.85 bits per heavy atom. The van der Waals surface area contributed by atoms with E-state index in [4.69, 9.17) is 0 Å². The van der Waals surface area contributed by atoms with Crippen LogP contribution < -0.4 is 9.67 Å². The quantitative estimate of drug-likeness (QED) is 0.542. The van der Waals surface area contributed by atoms with Crippen LogP contribution in [0, 0.1) is 0 Å². The van der Waals surface area contributed by atoms with Crippen molar-refractivity contribution in [1.82, 2.24) is 4.57 Å². The summed E-state index contributed by atoms with van der Waals surface area (Å²) in [4.78, 5) is 9.40. The Labute approximate surface area is 141 Å². The number of hydrogen-bond donors (Lipinski definition) is 0. The number of nitrogens with zero attached hydrogens (tertiary/aromatic N) is 2. The normalized spacial score (nSPS) is 13.2. The van der Waals surface area contributed by atoms with E-state index in [0.717, 1.165) is 6.54 Å². The minimum absolute atomic E-state index is 1.15. The fourth-order valence-electron chi connectivity index (χ4n) is 1.48. The molecule has 0 amide bonds. The first-order valence-corrected chi connectivity index (χ1v) is 6.95. The van der Waals surface area contributed by atoms with Gasteiger partial charge in [-0.1, -0.05) is 13.3 Å². The third kappa shape index (κ3) is 5.04. The van der Waals surface area contributed by atoms with Crippen molar-refractivity contribution in [3.8, 4) is 0 Å². The average molecular weight is 402 g/mol. The summed E-state index contributed by atoms with van der Waals surface area (Å²) >= 11 is 0. The molecule has 0 N–H and O–H groups in total. The number of halogens is 9. The largest absolute Gasteiger partial charge is 0.544 e. The molecule has 13 heteroatoms. The molecule has 1 aromatic heterocycles. The lowest BCUT2D eigenvalue weighted by molar-refractivity contribution is -0.696. The second-order valence-electron chi connectivity index (χ2n) is 5.18. The highest BCUT2D eigenvalue weighted by Gasteiger charge is 2.82. The zero-order valence-electron chi connectivity index (χ0n) is 13.5. The first-order valence-electron chi connectivity index (χ1n) is 6.95. The number of carboxylic acid groups (broad SMARTS) is 1. The number of aromatic nitrogens is 2. The van der Waals surface area contributed by atoms with Crippen LogP contribution >= 0.6 is 0 Å². The van der Waals surface area contributed by atoms with E-state index >= 15 is 0 Å². The Hall–Kier alpha value is -1.95. The van der Waals surface area contributed by atoms with E-state index in [2.05, 4.69) is 34.8 Å². The highest BCUT2D eigenvalue weighted by molar-refractivity contribution is 5.74. The zero-order valence-corrected chi connectivity index (χ0v) is 13.5. The Bertz CT molecular complexity index is 597. The first kappa shape index (κ1) is 24.1. The number of unbranched alkanes of at least 4 members (excludes halogenated alkanes) is 1. The van der Waals surface area contributed by atoms with Crippen molar-refractivity contribution in [1.29, 1.82) is 0 Å². The van der Waals surface area contributed by atoms with Gasteiger partial charge >= 0.3 is 23.9 Å². The lowest BCUT2D eigenvalue weighted by atomic mass is 10.0. The maximum Gasteiger partial charge on any atom is 0.460 e. The number of hydrogen-bond acceptors (Lipinski definition) is 2. The average Bonchev–Trinajstić information content (AvgIpc) is 2.89. The van der Waals surface area contributed by atoms with Crippen molar-refractivity contribution < 1.29 is 54.0 Å². The van der Waals surface area contributed by atoms with Gasteiger partial charge < -0.3 is 9.90 Å². The molecule has 0 aromatic carbocycles. The SMILES string of the molecule is CCCC[n+]1ccn(C)c1.O=C([O-])C(F)(F)C(F)(F)C(F)(F)C(F)(F)F. The van der Waals surface area contributed by atoms with Gasteiger partial charge in [-0.15, -0.1) is 0 Å². The predicted molar refractivity (Wildman–Crippen MR) is 66.4 cm³/mol. The van der Waals surface area contributed by atoms with Gasteiger partial charge in [0.05, 0.1) is 13.6 Å². The molecule has 0 saturated heterocycles. The van der Waals surface area contributed by atoms with Gasteiger partial charge in [-0.05, 0) is 6.42 Å². The molecule has 0 bridgehead atoms. The molecule has 1 aromatic rings. The maximum atomic E-state index is 12.1. The highest BCUT2D eigenvalue weighted by Crippen LogP contribution is 2.52. The summed E-state index contributed by atoms with van der Waals surface area (Å²) in [5, 5.41) is 9.40. The van der Waals surface area contributed by atoms with E-state index < -0.39 is 29.9 Å². The summed E-state index contributed by atoms with van der Waals surface area (Å²) < 4.78 is 110. The molecule has 0 aliphatic carbocycles. The van der Waals surface area contributed by atoms with Crippen LogP contribution in [0.1, 0.15) is 19.8 Å². The predicted octanol–water partition coefficient (Wildman–Crippen LogP) is 2.32. The molecule has 0 saturated carbocycles. The standard InChI is InChI=1S/C8H15N2.C5HF9O2/c1-3-4-5-10-7-6-9(2)8-10;6-2(7,1(15)16)3(8,9)4(10,11)5(12,13)14/h6-8H,3-5H2,1-2H3;(H,15,16)/q+1;/p-1. The van der Waals surface area contributed by atoms with Gasteiger partial charge in [0.25, 0.3) is 0 Å². The zero-order chi connectivity index (χ0) is 21.0. The molecule has 0 unspecified atom stereocenters. The van der Waals surface area contributed by atoms with Crippen molar-refractivity contribution in [3.63, 3.8) is 0 Å². The smallest absolute Gasteiger partial charge is 0.460 e. The van der Waals surface area contributed by atoms with Crippen LogP contribution in [0.15, 0.2) is 18.7 Å². The summed E-state index contributed by atoms with van der Waals surface area (Å²) in [5.41, 5.74) is 0. The molecule has 0 fully saturated rings. The minimum atomic E-state index is -7.20. The highest BCUT2D eigenvalue weighted by atomic mass is 19.4. The molecule has 0 radical (unpaired) electrons. The van der Waals surface area contributed by atoms with Gasteiger partial charge in [-0.25, -0.2) is 9.13 Å². The Morgan fingerprint density at radius 2 is 1.54 bits per heavy atom. The second-order valence-corrected chi connectivity index (χ2v) is 5.18. The molecule has 0 spiro atoms. The minimum Gasteiger partial charge on any atom is -0.544 e. The number of aryl methyl sites for hydroxylation is 2. The summed E-state index contributed by atoms with van der Waals surface area (Å²) in [5.74, 6) is -25.1. The molecule has 1 heterocycles. The molecular weight excluding hydrogens is 387 g/mol.